The fourth-order valence-corrected chi connectivity index (χ4v) is 2.25. The fourth-order valence-electron chi connectivity index (χ4n) is 2.25. The molecule has 3 rings (SSSR count). The van der Waals surface area contributed by atoms with Crippen LogP contribution in [-0.2, 0) is 4.79 Å². The second-order valence-corrected chi connectivity index (χ2v) is 5.39. The van der Waals surface area contributed by atoms with E-state index in [9.17, 15) is 9.18 Å². The van der Waals surface area contributed by atoms with Gasteiger partial charge < -0.3 is 10.1 Å². The average Bonchev–Trinajstić information content (AvgIpc) is 2.93. The van der Waals surface area contributed by atoms with Crippen molar-refractivity contribution >= 4 is 11.7 Å². The molecule has 0 aliphatic heterocycles. The van der Waals surface area contributed by atoms with Crippen LogP contribution in [0.2, 0.25) is 0 Å². The zero-order valence-corrected chi connectivity index (χ0v) is 13.7. The Labute approximate surface area is 143 Å². The number of nitrogens with zero attached hydrogens (tertiary/aromatic N) is 4. The molecule has 8 heteroatoms. The maximum atomic E-state index is 12.8. The van der Waals surface area contributed by atoms with Crippen molar-refractivity contribution in [3.63, 3.8) is 0 Å². The lowest BCUT2D eigenvalue weighted by Gasteiger charge is -2.08. The molecule has 0 aliphatic carbocycles. The third-order valence-electron chi connectivity index (χ3n) is 3.33. The number of rotatable bonds is 5. The monoisotopic (exact) mass is 341 g/mol. The van der Waals surface area contributed by atoms with Crippen molar-refractivity contribution in [1.29, 1.82) is 0 Å². The number of anilines is 1. The van der Waals surface area contributed by atoms with Gasteiger partial charge in [0.15, 0.2) is 12.4 Å². The van der Waals surface area contributed by atoms with Gasteiger partial charge in [0, 0.05) is 11.8 Å². The minimum Gasteiger partial charge on any atom is -0.484 e. The van der Waals surface area contributed by atoms with Crippen molar-refractivity contribution in [1.82, 2.24) is 19.7 Å². The first-order valence-corrected chi connectivity index (χ1v) is 7.55. The van der Waals surface area contributed by atoms with Gasteiger partial charge >= 0.3 is 0 Å². The number of hydrogen-bond donors (Lipinski definition) is 1. The largest absolute Gasteiger partial charge is 0.484 e. The Morgan fingerprint density at radius 3 is 2.64 bits per heavy atom. The molecule has 0 bridgehead atoms. The van der Waals surface area contributed by atoms with Gasteiger partial charge in [0.1, 0.15) is 23.7 Å². The van der Waals surface area contributed by atoms with Gasteiger partial charge in [0.2, 0.25) is 0 Å². The summed E-state index contributed by atoms with van der Waals surface area (Å²) in [6.07, 6.45) is 1.35. The number of halogens is 1. The number of ether oxygens (including phenoxy) is 1. The van der Waals surface area contributed by atoms with Gasteiger partial charge in [-0.3, -0.25) is 4.79 Å². The zero-order chi connectivity index (χ0) is 17.8. The maximum absolute atomic E-state index is 12.8. The van der Waals surface area contributed by atoms with Crippen LogP contribution in [0.1, 0.15) is 11.4 Å². The first kappa shape index (κ1) is 16.6. The third-order valence-corrected chi connectivity index (χ3v) is 3.33. The number of carbonyl (C=O) groups is 1. The van der Waals surface area contributed by atoms with Gasteiger partial charge in [-0.1, -0.05) is 0 Å². The molecule has 0 atom stereocenters. The van der Waals surface area contributed by atoms with Crippen LogP contribution in [0.5, 0.6) is 5.75 Å². The summed E-state index contributed by atoms with van der Waals surface area (Å²) in [7, 11) is 0. The number of nitrogens with one attached hydrogen (secondary N) is 1. The molecular formula is C17H16FN5O2. The van der Waals surface area contributed by atoms with Gasteiger partial charge in [0.05, 0.1) is 5.69 Å². The lowest BCUT2D eigenvalue weighted by Crippen LogP contribution is -2.21. The minimum atomic E-state index is -0.387. The molecule has 128 valence electrons. The first-order valence-electron chi connectivity index (χ1n) is 7.55. The van der Waals surface area contributed by atoms with Crippen LogP contribution in [0.15, 0.2) is 42.7 Å². The third kappa shape index (κ3) is 4.17. The summed E-state index contributed by atoms with van der Waals surface area (Å²) in [5.41, 5.74) is 1.79. The second-order valence-electron chi connectivity index (χ2n) is 5.39. The lowest BCUT2D eigenvalue weighted by molar-refractivity contribution is -0.118. The molecule has 0 spiro atoms. The van der Waals surface area contributed by atoms with Crippen molar-refractivity contribution in [2.75, 3.05) is 11.9 Å². The highest BCUT2D eigenvalue weighted by Gasteiger charge is 2.09. The molecule has 0 radical (unpaired) electrons. The van der Waals surface area contributed by atoms with E-state index in [4.69, 9.17) is 4.74 Å². The summed E-state index contributed by atoms with van der Waals surface area (Å²) in [4.78, 5) is 20.2. The van der Waals surface area contributed by atoms with Crippen LogP contribution in [0.3, 0.4) is 0 Å². The Balaban J connectivity index is 1.64. The van der Waals surface area contributed by atoms with Crippen molar-refractivity contribution in [2.45, 2.75) is 13.8 Å². The van der Waals surface area contributed by atoms with Crippen molar-refractivity contribution < 1.29 is 13.9 Å². The van der Waals surface area contributed by atoms with E-state index in [0.717, 1.165) is 11.4 Å². The van der Waals surface area contributed by atoms with Gasteiger partial charge in [-0.2, -0.15) is 5.10 Å². The molecule has 0 aliphatic rings. The van der Waals surface area contributed by atoms with Gasteiger partial charge in [-0.15, -0.1) is 0 Å². The molecule has 25 heavy (non-hydrogen) atoms. The molecule has 2 heterocycles. The predicted octanol–water partition coefficient (Wildman–Crippen LogP) is 2.44. The minimum absolute atomic E-state index is 0.217. The number of amides is 1. The first-order chi connectivity index (χ1) is 12.0. The van der Waals surface area contributed by atoms with E-state index in [-0.39, 0.29) is 18.3 Å². The lowest BCUT2D eigenvalue weighted by atomic mass is 10.3. The number of aryl methyl sites for hydroxylation is 2. The standard InChI is InChI=1S/C17H16FN5O2/c1-11-7-12(2)23(22-11)16-8-15(19-10-20-16)21-17(24)9-25-14-5-3-13(18)4-6-14/h3-8,10H,9H2,1-2H3,(H,19,20,21,24). The number of hydrogen-bond acceptors (Lipinski definition) is 5. The van der Waals surface area contributed by atoms with Gasteiger partial charge in [-0.05, 0) is 44.2 Å². The molecule has 1 amide bonds. The van der Waals surface area contributed by atoms with Crippen LogP contribution in [0.4, 0.5) is 10.2 Å². The van der Waals surface area contributed by atoms with E-state index in [1.807, 2.05) is 19.9 Å². The highest BCUT2D eigenvalue weighted by atomic mass is 19.1. The fraction of sp³-hybridized carbons (Fsp3) is 0.176. The smallest absolute Gasteiger partial charge is 0.263 e. The zero-order valence-electron chi connectivity index (χ0n) is 13.7. The van der Waals surface area contributed by atoms with E-state index in [1.54, 1.807) is 10.7 Å². The second kappa shape index (κ2) is 7.08. The quantitative estimate of drug-likeness (QED) is 0.771. The van der Waals surface area contributed by atoms with Crippen molar-refractivity contribution in [3.8, 4) is 11.6 Å². The summed E-state index contributed by atoms with van der Waals surface area (Å²) >= 11 is 0. The Kier molecular flexibility index (Phi) is 4.69. The van der Waals surface area contributed by atoms with Crippen molar-refractivity contribution in [2.24, 2.45) is 0 Å². The summed E-state index contributed by atoms with van der Waals surface area (Å²) in [6.45, 7) is 3.59. The normalized spacial score (nSPS) is 10.5. The number of aromatic nitrogens is 4. The summed E-state index contributed by atoms with van der Waals surface area (Å²) < 4.78 is 19.8. The number of carbonyl (C=O) groups excluding carboxylic acids is 1. The highest BCUT2D eigenvalue weighted by Crippen LogP contribution is 2.13. The molecule has 0 saturated heterocycles. The topological polar surface area (TPSA) is 81.9 Å². The van der Waals surface area contributed by atoms with Crippen LogP contribution < -0.4 is 10.1 Å². The Bertz CT molecular complexity index is 892. The average molecular weight is 341 g/mol. The SMILES string of the molecule is Cc1cc(C)n(-c2cc(NC(=O)COc3ccc(F)cc3)ncn2)n1. The molecule has 0 unspecified atom stereocenters. The molecule has 3 aromatic rings. The molecule has 7 nitrogen and oxygen atoms in total. The van der Waals surface area contributed by atoms with Crippen LogP contribution in [-0.4, -0.2) is 32.3 Å². The van der Waals surface area contributed by atoms with Crippen LogP contribution in [0, 0.1) is 19.7 Å². The van der Waals surface area contributed by atoms with E-state index < -0.39 is 0 Å². The molecule has 2 aromatic heterocycles. The van der Waals surface area contributed by atoms with E-state index >= 15 is 0 Å². The Hall–Kier alpha value is -3.29. The van der Waals surface area contributed by atoms with Gasteiger partial charge in [0.25, 0.3) is 5.91 Å². The Morgan fingerprint density at radius 2 is 1.96 bits per heavy atom. The maximum Gasteiger partial charge on any atom is 0.263 e. The van der Waals surface area contributed by atoms with Crippen molar-refractivity contribution in [3.05, 3.63) is 59.9 Å². The Morgan fingerprint density at radius 1 is 1.20 bits per heavy atom. The van der Waals surface area contributed by atoms with Crippen LogP contribution >= 0.6 is 0 Å². The molecule has 0 fully saturated rings. The van der Waals surface area contributed by atoms with E-state index in [0.29, 0.717) is 17.4 Å². The van der Waals surface area contributed by atoms with E-state index in [1.165, 1.54) is 30.6 Å². The molecule has 0 saturated carbocycles. The highest BCUT2D eigenvalue weighted by molar-refractivity contribution is 5.91. The van der Waals surface area contributed by atoms with E-state index in [2.05, 4.69) is 20.4 Å². The van der Waals surface area contributed by atoms with Crippen LogP contribution in [0.25, 0.3) is 5.82 Å². The molecular weight excluding hydrogens is 325 g/mol. The van der Waals surface area contributed by atoms with Gasteiger partial charge in [-0.25, -0.2) is 19.0 Å². The molecule has 1 N–H and O–H groups in total. The molecule has 1 aromatic carbocycles. The summed E-state index contributed by atoms with van der Waals surface area (Å²) in [5.74, 6) is 0.542. The summed E-state index contributed by atoms with van der Waals surface area (Å²) in [5, 5.41) is 6.97. The predicted molar refractivity (Wildman–Crippen MR) is 89.2 cm³/mol. The number of benzene rings is 1. The summed E-state index contributed by atoms with van der Waals surface area (Å²) in [6, 6.07) is 8.98.